The summed E-state index contributed by atoms with van der Waals surface area (Å²) in [4.78, 5) is 44.9. The lowest BCUT2D eigenvalue weighted by Gasteiger charge is -2.67. The number of pyridine rings is 1. The van der Waals surface area contributed by atoms with E-state index in [1.807, 2.05) is 13.8 Å². The van der Waals surface area contributed by atoms with Crippen LogP contribution in [0.4, 0.5) is 8.78 Å². The average molecular weight is 541 g/mol. The minimum atomic E-state index is -2.28. The standard InChI is InChI=1S/C30H34F2N2O5/c1-26-7-6-19(36)9-20(26)21(31)10-22-27(2)11-18-14-34(25(39)17-5-4-8-33-13-17)16-29(18,24(38)15-35)28(27,3)12-23(37)30(22,26)32/h4-9,13,18,21-23,35,37H,10-12,14-16H2,1-3H3. The fourth-order valence-corrected chi connectivity index (χ4v) is 9.73. The van der Waals surface area contributed by atoms with Crippen molar-refractivity contribution in [1.82, 2.24) is 9.88 Å². The summed E-state index contributed by atoms with van der Waals surface area (Å²) >= 11 is 0. The van der Waals surface area contributed by atoms with E-state index < -0.39 is 69.6 Å². The zero-order valence-corrected chi connectivity index (χ0v) is 22.4. The Morgan fingerprint density at radius 1 is 1.23 bits per heavy atom. The highest BCUT2D eigenvalue weighted by molar-refractivity contribution is 6.01. The van der Waals surface area contributed by atoms with E-state index in [2.05, 4.69) is 4.98 Å². The summed E-state index contributed by atoms with van der Waals surface area (Å²) in [5.74, 6) is -2.51. The first-order valence-corrected chi connectivity index (χ1v) is 13.6. The van der Waals surface area contributed by atoms with Gasteiger partial charge in [0, 0.05) is 36.8 Å². The van der Waals surface area contributed by atoms with E-state index in [0.29, 0.717) is 12.0 Å². The first-order chi connectivity index (χ1) is 18.3. The summed E-state index contributed by atoms with van der Waals surface area (Å²) in [6.45, 7) is 4.78. The zero-order chi connectivity index (χ0) is 28.2. The molecule has 3 saturated carbocycles. The maximum atomic E-state index is 17.7. The van der Waals surface area contributed by atoms with Gasteiger partial charge in [-0.3, -0.25) is 19.4 Å². The van der Waals surface area contributed by atoms with Gasteiger partial charge in [-0.2, -0.15) is 0 Å². The van der Waals surface area contributed by atoms with Crippen LogP contribution in [0.3, 0.4) is 0 Å². The summed E-state index contributed by atoms with van der Waals surface area (Å²) in [6, 6.07) is 3.30. The number of Topliss-reactive ketones (excluding diaryl/α,β-unsaturated/α-hetero) is 1. The third-order valence-corrected chi connectivity index (χ3v) is 11.7. The van der Waals surface area contributed by atoms with Gasteiger partial charge in [-0.05, 0) is 72.8 Å². The van der Waals surface area contributed by atoms with Crippen LogP contribution in [0.2, 0.25) is 0 Å². The number of aromatic nitrogens is 1. The van der Waals surface area contributed by atoms with Crippen molar-refractivity contribution in [2.45, 2.75) is 58.0 Å². The molecule has 6 rings (SSSR count). The van der Waals surface area contributed by atoms with Gasteiger partial charge < -0.3 is 15.1 Å². The lowest BCUT2D eigenvalue weighted by Crippen LogP contribution is -2.72. The number of rotatable bonds is 3. The summed E-state index contributed by atoms with van der Waals surface area (Å²) < 4.78 is 33.5. The minimum absolute atomic E-state index is 0.0193. The van der Waals surface area contributed by atoms with Gasteiger partial charge in [-0.15, -0.1) is 0 Å². The van der Waals surface area contributed by atoms with E-state index in [1.54, 1.807) is 30.2 Å². The van der Waals surface area contributed by atoms with Crippen molar-refractivity contribution in [2.75, 3.05) is 19.7 Å². The quantitative estimate of drug-likeness (QED) is 0.611. The van der Waals surface area contributed by atoms with Crippen LogP contribution >= 0.6 is 0 Å². The minimum Gasteiger partial charge on any atom is -0.390 e. The molecule has 1 aromatic heterocycles. The van der Waals surface area contributed by atoms with E-state index in [-0.39, 0.29) is 37.4 Å². The van der Waals surface area contributed by atoms with E-state index in [9.17, 15) is 24.6 Å². The number of allylic oxidation sites excluding steroid dienone is 4. The number of halogens is 2. The van der Waals surface area contributed by atoms with Crippen molar-refractivity contribution in [3.05, 3.63) is 53.9 Å². The monoisotopic (exact) mass is 540 g/mol. The number of aliphatic hydroxyl groups is 2. The summed E-state index contributed by atoms with van der Waals surface area (Å²) in [7, 11) is 0. The van der Waals surface area contributed by atoms with Gasteiger partial charge in [0.2, 0.25) is 0 Å². The van der Waals surface area contributed by atoms with Crippen LogP contribution < -0.4 is 0 Å². The Labute approximate surface area is 226 Å². The van der Waals surface area contributed by atoms with Crippen LogP contribution in [0, 0.1) is 33.5 Å². The topological polar surface area (TPSA) is 108 Å². The molecular formula is C30H34F2N2O5. The van der Waals surface area contributed by atoms with Gasteiger partial charge in [-0.25, -0.2) is 8.78 Å². The van der Waals surface area contributed by atoms with Crippen LogP contribution in [0.1, 0.15) is 50.4 Å². The molecule has 2 heterocycles. The van der Waals surface area contributed by atoms with E-state index >= 15 is 8.78 Å². The van der Waals surface area contributed by atoms with Gasteiger partial charge in [0.05, 0.1) is 17.1 Å². The van der Waals surface area contributed by atoms with Crippen LogP contribution in [-0.2, 0) is 9.59 Å². The Balaban J connectivity index is 1.47. The molecule has 1 aliphatic heterocycles. The Kier molecular flexibility index (Phi) is 5.51. The summed E-state index contributed by atoms with van der Waals surface area (Å²) in [6.07, 6.45) is 3.68. The number of carbonyl (C=O) groups is 3. The Morgan fingerprint density at radius 2 is 1.97 bits per heavy atom. The van der Waals surface area contributed by atoms with Gasteiger partial charge in [-0.1, -0.05) is 19.9 Å². The van der Waals surface area contributed by atoms with Crippen LogP contribution in [-0.4, -0.2) is 75.2 Å². The van der Waals surface area contributed by atoms with Gasteiger partial charge in [0.15, 0.2) is 17.2 Å². The SMILES string of the molecule is CC12C=CC(=O)C=C1C(F)CC1C3(C)CC4CN(C(=O)c5cccnc5)CC4(C(=O)CO)C3(C)CC(O)C12F. The molecule has 7 nitrogen and oxygen atoms in total. The molecule has 208 valence electrons. The van der Waals surface area contributed by atoms with Crippen molar-refractivity contribution in [1.29, 1.82) is 0 Å². The number of amides is 1. The predicted octanol–water partition coefficient (Wildman–Crippen LogP) is 3.02. The number of likely N-dealkylation sites (tertiary alicyclic amines) is 1. The second-order valence-corrected chi connectivity index (χ2v) is 12.9. The van der Waals surface area contributed by atoms with Crippen molar-refractivity contribution < 1.29 is 33.4 Å². The van der Waals surface area contributed by atoms with Crippen molar-refractivity contribution in [3.63, 3.8) is 0 Å². The molecule has 4 aliphatic carbocycles. The molecule has 4 fully saturated rings. The third kappa shape index (κ3) is 2.93. The summed E-state index contributed by atoms with van der Waals surface area (Å²) in [5, 5.41) is 21.9. The first-order valence-electron chi connectivity index (χ1n) is 13.6. The number of aliphatic hydroxyl groups excluding tert-OH is 2. The van der Waals surface area contributed by atoms with Gasteiger partial charge in [0.25, 0.3) is 5.91 Å². The number of hydrogen-bond acceptors (Lipinski definition) is 6. The number of hydrogen-bond donors (Lipinski definition) is 2. The molecule has 1 aromatic rings. The molecule has 9 atom stereocenters. The number of ketones is 2. The molecule has 1 saturated heterocycles. The Hall–Kier alpha value is -2.78. The smallest absolute Gasteiger partial charge is 0.255 e. The Morgan fingerprint density at radius 3 is 2.64 bits per heavy atom. The van der Waals surface area contributed by atoms with Gasteiger partial charge >= 0.3 is 0 Å². The maximum Gasteiger partial charge on any atom is 0.255 e. The number of nitrogens with zero attached hydrogens (tertiary/aromatic N) is 2. The van der Waals surface area contributed by atoms with Crippen molar-refractivity contribution >= 4 is 17.5 Å². The highest BCUT2D eigenvalue weighted by Crippen LogP contribution is 2.79. The Bertz CT molecular complexity index is 1330. The second-order valence-electron chi connectivity index (χ2n) is 12.9. The largest absolute Gasteiger partial charge is 0.390 e. The zero-order valence-electron chi connectivity index (χ0n) is 22.4. The third-order valence-electron chi connectivity index (χ3n) is 11.7. The van der Waals surface area contributed by atoms with Crippen molar-refractivity contribution in [2.24, 2.45) is 33.5 Å². The molecule has 2 N–H and O–H groups in total. The molecule has 0 bridgehead atoms. The second kappa shape index (κ2) is 8.13. The molecule has 9 heteroatoms. The maximum absolute atomic E-state index is 17.7. The van der Waals surface area contributed by atoms with Crippen LogP contribution in [0.25, 0.3) is 0 Å². The number of alkyl halides is 2. The molecule has 0 radical (unpaired) electrons. The molecule has 5 aliphatic rings. The van der Waals surface area contributed by atoms with Crippen LogP contribution in [0.15, 0.2) is 48.3 Å². The first kappa shape index (κ1) is 26.4. The highest BCUT2D eigenvalue weighted by Gasteiger charge is 2.82. The molecule has 9 unspecified atom stereocenters. The molecule has 1 amide bonds. The highest BCUT2D eigenvalue weighted by atomic mass is 19.1. The van der Waals surface area contributed by atoms with E-state index in [0.717, 1.165) is 6.08 Å². The average Bonchev–Trinajstić information content (AvgIpc) is 3.38. The molecule has 0 aromatic carbocycles. The number of carbonyl (C=O) groups excluding carboxylic acids is 3. The lowest BCUT2D eigenvalue weighted by atomic mass is 9.38. The van der Waals surface area contributed by atoms with Crippen molar-refractivity contribution in [3.8, 4) is 0 Å². The molecular weight excluding hydrogens is 506 g/mol. The molecule has 39 heavy (non-hydrogen) atoms. The van der Waals surface area contributed by atoms with Crippen LogP contribution in [0.5, 0.6) is 0 Å². The number of fused-ring (bicyclic) bond motifs is 7. The predicted molar refractivity (Wildman–Crippen MR) is 137 cm³/mol. The lowest BCUT2D eigenvalue weighted by molar-refractivity contribution is -0.242. The van der Waals surface area contributed by atoms with E-state index in [4.69, 9.17) is 0 Å². The summed E-state index contributed by atoms with van der Waals surface area (Å²) in [5.41, 5.74) is -6.60. The fraction of sp³-hybridized carbons (Fsp3) is 0.600. The normalized spacial score (nSPS) is 46.2. The van der Waals surface area contributed by atoms with E-state index in [1.165, 1.54) is 18.3 Å². The van der Waals surface area contributed by atoms with Gasteiger partial charge in [0.1, 0.15) is 12.8 Å². The fourth-order valence-electron chi connectivity index (χ4n) is 9.73. The molecule has 0 spiro atoms.